The topological polar surface area (TPSA) is 56.4 Å². The standard InChI is InChI=1S/C15H21N3O2/c1-2-8-18-12-6-5-11(14(18)19)9-17(10-12)15(20)13-4-3-7-16-13/h3-4,7,11-12,16H,2,5-6,8-10H2,1H3/t11-,12+/m1/s1. The highest BCUT2D eigenvalue weighted by Gasteiger charge is 2.41. The Balaban J connectivity index is 1.80. The highest BCUT2D eigenvalue weighted by Crippen LogP contribution is 2.29. The summed E-state index contributed by atoms with van der Waals surface area (Å²) in [6, 6.07) is 3.81. The minimum atomic E-state index is -0.0146. The van der Waals surface area contributed by atoms with Crippen molar-refractivity contribution in [3.63, 3.8) is 0 Å². The van der Waals surface area contributed by atoms with E-state index in [-0.39, 0.29) is 23.8 Å². The van der Waals surface area contributed by atoms with Gasteiger partial charge < -0.3 is 14.8 Å². The van der Waals surface area contributed by atoms with Crippen LogP contribution in [0.5, 0.6) is 0 Å². The molecule has 0 spiro atoms. The normalized spacial score (nSPS) is 25.9. The van der Waals surface area contributed by atoms with Crippen molar-refractivity contribution >= 4 is 11.8 Å². The second kappa shape index (κ2) is 5.31. The summed E-state index contributed by atoms with van der Waals surface area (Å²) in [5.74, 6) is 0.238. The van der Waals surface area contributed by atoms with Gasteiger partial charge >= 0.3 is 0 Å². The first-order valence-corrected chi connectivity index (χ1v) is 7.44. The summed E-state index contributed by atoms with van der Waals surface area (Å²) in [4.78, 5) is 31.7. The molecule has 0 aliphatic carbocycles. The van der Waals surface area contributed by atoms with Crippen molar-refractivity contribution in [2.75, 3.05) is 19.6 Å². The molecule has 4 rings (SSSR count). The first-order chi connectivity index (χ1) is 9.70. The summed E-state index contributed by atoms with van der Waals surface area (Å²) in [5, 5.41) is 0. The number of rotatable bonds is 3. The van der Waals surface area contributed by atoms with Gasteiger partial charge in [-0.2, -0.15) is 0 Å². The fourth-order valence-corrected chi connectivity index (χ4v) is 3.37. The van der Waals surface area contributed by atoms with Gasteiger partial charge in [-0.15, -0.1) is 0 Å². The fraction of sp³-hybridized carbons (Fsp3) is 0.600. The number of aromatic amines is 1. The first-order valence-electron chi connectivity index (χ1n) is 7.44. The number of H-pyrrole nitrogens is 1. The van der Waals surface area contributed by atoms with Gasteiger partial charge in [0.25, 0.3) is 5.91 Å². The van der Waals surface area contributed by atoms with Crippen LogP contribution in [0.3, 0.4) is 0 Å². The van der Waals surface area contributed by atoms with Gasteiger partial charge in [0.05, 0.1) is 5.92 Å². The van der Waals surface area contributed by atoms with E-state index in [4.69, 9.17) is 0 Å². The van der Waals surface area contributed by atoms with Crippen molar-refractivity contribution in [1.29, 1.82) is 0 Å². The van der Waals surface area contributed by atoms with E-state index in [0.717, 1.165) is 25.8 Å². The Morgan fingerprint density at radius 3 is 2.95 bits per heavy atom. The van der Waals surface area contributed by atoms with E-state index in [0.29, 0.717) is 18.8 Å². The number of amides is 2. The van der Waals surface area contributed by atoms with Crippen LogP contribution in [-0.4, -0.2) is 52.3 Å². The predicted octanol–water partition coefficient (Wildman–Crippen LogP) is 1.49. The van der Waals surface area contributed by atoms with Crippen molar-refractivity contribution < 1.29 is 9.59 Å². The van der Waals surface area contributed by atoms with Crippen molar-refractivity contribution in [2.45, 2.75) is 32.2 Å². The molecule has 1 N–H and O–H groups in total. The van der Waals surface area contributed by atoms with Crippen molar-refractivity contribution in [2.24, 2.45) is 5.92 Å². The van der Waals surface area contributed by atoms with E-state index in [9.17, 15) is 9.59 Å². The molecular formula is C15H21N3O2. The summed E-state index contributed by atoms with van der Waals surface area (Å²) in [5.41, 5.74) is 0.612. The molecule has 0 radical (unpaired) electrons. The smallest absolute Gasteiger partial charge is 0.270 e. The zero-order chi connectivity index (χ0) is 14.1. The molecule has 5 nitrogen and oxygen atoms in total. The lowest BCUT2D eigenvalue weighted by Crippen LogP contribution is -2.48. The Morgan fingerprint density at radius 2 is 2.25 bits per heavy atom. The van der Waals surface area contributed by atoms with Gasteiger partial charge in [0.2, 0.25) is 5.91 Å². The quantitative estimate of drug-likeness (QED) is 0.908. The maximum Gasteiger partial charge on any atom is 0.270 e. The van der Waals surface area contributed by atoms with E-state index >= 15 is 0 Å². The van der Waals surface area contributed by atoms with Crippen LogP contribution in [0.4, 0.5) is 0 Å². The molecule has 20 heavy (non-hydrogen) atoms. The van der Waals surface area contributed by atoms with Crippen molar-refractivity contribution in [3.05, 3.63) is 24.0 Å². The highest BCUT2D eigenvalue weighted by atomic mass is 16.2. The summed E-state index contributed by atoms with van der Waals surface area (Å²) in [6.07, 6.45) is 4.66. The maximum atomic E-state index is 12.5. The van der Waals surface area contributed by atoms with Crippen molar-refractivity contribution in [3.8, 4) is 0 Å². The van der Waals surface area contributed by atoms with Crippen LogP contribution in [0.15, 0.2) is 18.3 Å². The lowest BCUT2D eigenvalue weighted by molar-refractivity contribution is -0.139. The molecule has 3 aliphatic rings. The third-order valence-corrected chi connectivity index (χ3v) is 4.37. The van der Waals surface area contributed by atoms with Crippen LogP contribution < -0.4 is 0 Å². The third-order valence-electron chi connectivity index (χ3n) is 4.37. The molecule has 5 heteroatoms. The number of fused-ring (bicyclic) bond motifs is 4. The van der Waals surface area contributed by atoms with E-state index in [1.165, 1.54) is 0 Å². The monoisotopic (exact) mass is 275 g/mol. The van der Waals surface area contributed by atoms with Gasteiger partial charge in [-0.3, -0.25) is 9.59 Å². The third kappa shape index (κ3) is 2.21. The summed E-state index contributed by atoms with van der Waals surface area (Å²) in [6.45, 7) is 4.13. The fourth-order valence-electron chi connectivity index (χ4n) is 3.37. The SMILES string of the molecule is CCCN1C(=O)[C@@H]2CC[C@H]1CN(C(=O)c1ccc[nH]1)C2. The summed E-state index contributed by atoms with van der Waals surface area (Å²) in [7, 11) is 0. The highest BCUT2D eigenvalue weighted by molar-refractivity contribution is 5.93. The molecule has 1 aromatic rings. The lowest BCUT2D eigenvalue weighted by Gasteiger charge is -2.35. The number of piperidine rings is 1. The molecule has 2 atom stereocenters. The number of aromatic nitrogens is 1. The lowest BCUT2D eigenvalue weighted by atomic mass is 9.94. The van der Waals surface area contributed by atoms with Crippen LogP contribution >= 0.6 is 0 Å². The number of carbonyl (C=O) groups is 2. The van der Waals surface area contributed by atoms with Gasteiger partial charge in [0.15, 0.2) is 0 Å². The molecule has 0 aromatic carbocycles. The first kappa shape index (κ1) is 13.2. The molecular weight excluding hydrogens is 254 g/mol. The second-order valence-electron chi connectivity index (χ2n) is 5.75. The molecule has 0 saturated carbocycles. The van der Waals surface area contributed by atoms with Gasteiger partial charge in [-0.1, -0.05) is 6.92 Å². The Kier molecular flexibility index (Phi) is 3.51. The maximum absolute atomic E-state index is 12.5. The number of nitrogens with one attached hydrogen (secondary N) is 1. The van der Waals surface area contributed by atoms with E-state index in [2.05, 4.69) is 11.9 Å². The van der Waals surface area contributed by atoms with Gasteiger partial charge in [0, 0.05) is 31.9 Å². The molecule has 3 aliphatic heterocycles. The molecule has 3 fully saturated rings. The Bertz CT molecular complexity index is 497. The van der Waals surface area contributed by atoms with E-state index in [1.807, 2.05) is 15.9 Å². The Labute approximate surface area is 118 Å². The van der Waals surface area contributed by atoms with Gasteiger partial charge in [-0.25, -0.2) is 0 Å². The Morgan fingerprint density at radius 1 is 1.40 bits per heavy atom. The second-order valence-corrected chi connectivity index (χ2v) is 5.75. The van der Waals surface area contributed by atoms with Crippen LogP contribution in [-0.2, 0) is 4.79 Å². The van der Waals surface area contributed by atoms with Crippen molar-refractivity contribution in [1.82, 2.24) is 14.8 Å². The molecule has 3 saturated heterocycles. The van der Waals surface area contributed by atoms with Crippen LogP contribution in [0.2, 0.25) is 0 Å². The van der Waals surface area contributed by atoms with Gasteiger partial charge in [0.1, 0.15) is 5.69 Å². The van der Waals surface area contributed by atoms with E-state index in [1.54, 1.807) is 12.3 Å². The summed E-state index contributed by atoms with van der Waals surface area (Å²) < 4.78 is 0. The van der Waals surface area contributed by atoms with Crippen LogP contribution in [0.25, 0.3) is 0 Å². The Hall–Kier alpha value is -1.78. The largest absolute Gasteiger partial charge is 0.357 e. The molecule has 0 unspecified atom stereocenters. The van der Waals surface area contributed by atoms with E-state index < -0.39 is 0 Å². The number of hydrogen-bond acceptors (Lipinski definition) is 2. The predicted molar refractivity (Wildman–Crippen MR) is 75.2 cm³/mol. The average Bonchev–Trinajstić information content (AvgIpc) is 2.85. The molecule has 4 heterocycles. The van der Waals surface area contributed by atoms with Crippen LogP contribution in [0.1, 0.15) is 36.7 Å². The van der Waals surface area contributed by atoms with Gasteiger partial charge in [-0.05, 0) is 31.4 Å². The zero-order valence-corrected chi connectivity index (χ0v) is 11.8. The molecule has 108 valence electrons. The molecule has 2 bridgehead atoms. The summed E-state index contributed by atoms with van der Waals surface area (Å²) >= 11 is 0. The minimum absolute atomic E-state index is 0.0121. The molecule has 1 aromatic heterocycles. The minimum Gasteiger partial charge on any atom is -0.357 e. The zero-order valence-electron chi connectivity index (χ0n) is 11.8. The average molecular weight is 275 g/mol. The number of hydrogen-bond donors (Lipinski definition) is 1. The number of carbonyl (C=O) groups excluding carboxylic acids is 2. The number of nitrogens with zero attached hydrogens (tertiary/aromatic N) is 2. The van der Waals surface area contributed by atoms with Crippen LogP contribution in [0, 0.1) is 5.92 Å². The molecule has 2 amide bonds.